The molecule has 2 aromatic rings. The summed E-state index contributed by atoms with van der Waals surface area (Å²) < 4.78 is 0. The fourth-order valence-electron chi connectivity index (χ4n) is 3.21. The Kier molecular flexibility index (Phi) is 5.49. The second-order valence-corrected chi connectivity index (χ2v) is 6.22. The highest BCUT2D eigenvalue weighted by Gasteiger charge is 2.18. The lowest BCUT2D eigenvalue weighted by Gasteiger charge is -2.29. The molecule has 0 heterocycles. The molecule has 22 heavy (non-hydrogen) atoms. The standard InChI is InChI=1S/C20H25NO/c1-4-10-18(11-5-1)16-21(17-19-12-6-2-7-13-19)22-20-14-8-3-9-15-20/h1,3-5,8-11,14-15,19H,2,6-7,12-13,16-17H2. The Morgan fingerprint density at radius 1 is 0.818 bits per heavy atom. The monoisotopic (exact) mass is 295 g/mol. The predicted molar refractivity (Wildman–Crippen MR) is 90.5 cm³/mol. The summed E-state index contributed by atoms with van der Waals surface area (Å²) >= 11 is 0. The minimum atomic E-state index is 0.765. The van der Waals surface area contributed by atoms with Crippen LogP contribution in [-0.2, 0) is 6.54 Å². The largest absolute Gasteiger partial charge is 0.406 e. The maximum atomic E-state index is 6.15. The first-order valence-electron chi connectivity index (χ1n) is 8.42. The predicted octanol–water partition coefficient (Wildman–Crippen LogP) is 5.06. The van der Waals surface area contributed by atoms with Gasteiger partial charge in [-0.25, -0.2) is 0 Å². The normalized spacial score (nSPS) is 15.9. The van der Waals surface area contributed by atoms with Crippen molar-refractivity contribution >= 4 is 0 Å². The summed E-state index contributed by atoms with van der Waals surface area (Å²) in [6.45, 7) is 1.86. The molecule has 0 saturated heterocycles. The topological polar surface area (TPSA) is 12.5 Å². The van der Waals surface area contributed by atoms with Crippen molar-refractivity contribution in [3.63, 3.8) is 0 Å². The van der Waals surface area contributed by atoms with Gasteiger partial charge in [0, 0.05) is 6.54 Å². The van der Waals surface area contributed by atoms with Gasteiger partial charge in [-0.15, -0.1) is 5.06 Å². The molecule has 1 aliphatic rings. The van der Waals surface area contributed by atoms with Crippen LogP contribution in [0.15, 0.2) is 60.7 Å². The van der Waals surface area contributed by atoms with Crippen molar-refractivity contribution in [1.29, 1.82) is 0 Å². The molecule has 0 radical (unpaired) electrons. The van der Waals surface area contributed by atoms with Gasteiger partial charge in [-0.2, -0.15) is 0 Å². The minimum Gasteiger partial charge on any atom is -0.406 e. The Balaban J connectivity index is 1.66. The van der Waals surface area contributed by atoms with E-state index in [9.17, 15) is 0 Å². The van der Waals surface area contributed by atoms with E-state index in [-0.39, 0.29) is 0 Å². The van der Waals surface area contributed by atoms with E-state index >= 15 is 0 Å². The molecular weight excluding hydrogens is 270 g/mol. The van der Waals surface area contributed by atoms with Crippen LogP contribution in [0, 0.1) is 5.92 Å². The molecule has 3 rings (SSSR count). The SMILES string of the molecule is c1ccc(CN(CC2CCCCC2)Oc2ccccc2)cc1. The molecule has 0 spiro atoms. The third-order valence-electron chi connectivity index (χ3n) is 4.37. The zero-order valence-corrected chi connectivity index (χ0v) is 13.2. The zero-order chi connectivity index (χ0) is 15.0. The van der Waals surface area contributed by atoms with Gasteiger partial charge in [0.05, 0.1) is 6.54 Å². The van der Waals surface area contributed by atoms with E-state index in [4.69, 9.17) is 4.84 Å². The minimum absolute atomic E-state index is 0.765. The Hall–Kier alpha value is -1.80. The van der Waals surface area contributed by atoms with Crippen LogP contribution in [-0.4, -0.2) is 11.6 Å². The third kappa shape index (κ3) is 4.60. The summed E-state index contributed by atoms with van der Waals surface area (Å²) in [4.78, 5) is 6.15. The van der Waals surface area contributed by atoms with Crippen molar-refractivity contribution in [3.8, 4) is 5.75 Å². The summed E-state index contributed by atoms with van der Waals surface area (Å²) in [5.74, 6) is 1.69. The lowest BCUT2D eigenvalue weighted by molar-refractivity contribution is -0.0814. The first-order chi connectivity index (χ1) is 10.9. The second kappa shape index (κ2) is 8.00. The number of para-hydroxylation sites is 1. The molecule has 0 amide bonds. The molecular formula is C20H25NO. The molecule has 2 aromatic carbocycles. The quantitative estimate of drug-likeness (QED) is 0.690. The second-order valence-electron chi connectivity index (χ2n) is 6.22. The van der Waals surface area contributed by atoms with E-state index in [1.54, 1.807) is 0 Å². The van der Waals surface area contributed by atoms with Gasteiger partial charge >= 0.3 is 0 Å². The average molecular weight is 295 g/mol. The first-order valence-corrected chi connectivity index (χ1v) is 8.42. The van der Waals surface area contributed by atoms with E-state index in [0.717, 1.165) is 24.8 Å². The Morgan fingerprint density at radius 2 is 1.45 bits per heavy atom. The van der Waals surface area contributed by atoms with Gasteiger partial charge < -0.3 is 4.84 Å². The van der Waals surface area contributed by atoms with Crippen molar-refractivity contribution < 1.29 is 4.84 Å². The number of benzene rings is 2. The van der Waals surface area contributed by atoms with E-state index in [1.807, 2.05) is 30.3 Å². The Bertz CT molecular complexity index is 493. The highest BCUT2D eigenvalue weighted by molar-refractivity contribution is 5.21. The fraction of sp³-hybridized carbons (Fsp3) is 0.400. The smallest absolute Gasteiger partial charge is 0.147 e. The van der Waals surface area contributed by atoms with Crippen LogP contribution in [0.1, 0.15) is 37.7 Å². The molecule has 0 aromatic heterocycles. The van der Waals surface area contributed by atoms with Gasteiger partial charge in [0.15, 0.2) is 0 Å². The zero-order valence-electron chi connectivity index (χ0n) is 13.2. The molecule has 2 heteroatoms. The van der Waals surface area contributed by atoms with E-state index in [2.05, 4.69) is 35.4 Å². The van der Waals surface area contributed by atoms with Crippen molar-refractivity contribution in [2.24, 2.45) is 5.92 Å². The van der Waals surface area contributed by atoms with Crippen LogP contribution in [0.2, 0.25) is 0 Å². The van der Waals surface area contributed by atoms with E-state index in [1.165, 1.54) is 37.7 Å². The molecule has 0 aliphatic heterocycles. The highest BCUT2D eigenvalue weighted by Crippen LogP contribution is 2.25. The molecule has 2 nitrogen and oxygen atoms in total. The van der Waals surface area contributed by atoms with Crippen LogP contribution in [0.3, 0.4) is 0 Å². The molecule has 0 atom stereocenters. The number of hydrogen-bond acceptors (Lipinski definition) is 2. The fourth-order valence-corrected chi connectivity index (χ4v) is 3.21. The van der Waals surface area contributed by atoms with Gasteiger partial charge in [0.1, 0.15) is 5.75 Å². The Morgan fingerprint density at radius 3 is 2.14 bits per heavy atom. The van der Waals surface area contributed by atoms with Crippen LogP contribution in [0.5, 0.6) is 5.75 Å². The average Bonchev–Trinajstić information content (AvgIpc) is 2.57. The van der Waals surface area contributed by atoms with Crippen LogP contribution in [0.25, 0.3) is 0 Å². The van der Waals surface area contributed by atoms with Crippen LogP contribution < -0.4 is 4.84 Å². The summed E-state index contributed by atoms with van der Waals surface area (Å²) in [6.07, 6.45) is 6.81. The number of hydrogen-bond donors (Lipinski definition) is 0. The number of rotatable bonds is 6. The van der Waals surface area contributed by atoms with Crippen molar-refractivity contribution in [3.05, 3.63) is 66.2 Å². The molecule has 1 aliphatic carbocycles. The first kappa shape index (κ1) is 15.1. The van der Waals surface area contributed by atoms with Crippen molar-refractivity contribution in [2.45, 2.75) is 38.6 Å². The summed E-state index contributed by atoms with van der Waals surface area (Å²) in [5.41, 5.74) is 1.30. The lowest BCUT2D eigenvalue weighted by atomic mass is 9.89. The highest BCUT2D eigenvalue weighted by atomic mass is 16.7. The lowest BCUT2D eigenvalue weighted by Crippen LogP contribution is -2.33. The van der Waals surface area contributed by atoms with Gasteiger partial charge in [0.25, 0.3) is 0 Å². The van der Waals surface area contributed by atoms with Gasteiger partial charge in [-0.1, -0.05) is 67.8 Å². The van der Waals surface area contributed by atoms with Crippen LogP contribution in [0.4, 0.5) is 0 Å². The number of hydroxylamine groups is 2. The summed E-state index contributed by atoms with van der Waals surface area (Å²) in [6, 6.07) is 20.7. The molecule has 1 saturated carbocycles. The van der Waals surface area contributed by atoms with E-state index in [0.29, 0.717) is 0 Å². The Labute approximate surface area is 133 Å². The van der Waals surface area contributed by atoms with Crippen molar-refractivity contribution in [1.82, 2.24) is 5.06 Å². The maximum Gasteiger partial charge on any atom is 0.147 e. The molecule has 0 bridgehead atoms. The summed E-state index contributed by atoms with van der Waals surface area (Å²) in [7, 11) is 0. The third-order valence-corrected chi connectivity index (χ3v) is 4.37. The van der Waals surface area contributed by atoms with Crippen molar-refractivity contribution in [2.75, 3.05) is 6.54 Å². The van der Waals surface area contributed by atoms with Crippen LogP contribution >= 0.6 is 0 Å². The molecule has 0 unspecified atom stereocenters. The van der Waals surface area contributed by atoms with E-state index < -0.39 is 0 Å². The maximum absolute atomic E-state index is 6.15. The van der Waals surface area contributed by atoms with Gasteiger partial charge in [-0.3, -0.25) is 0 Å². The van der Waals surface area contributed by atoms with Gasteiger partial charge in [-0.05, 0) is 36.5 Å². The summed E-state index contributed by atoms with van der Waals surface area (Å²) in [5, 5.41) is 2.14. The molecule has 0 N–H and O–H groups in total. The molecule has 1 fully saturated rings. The van der Waals surface area contributed by atoms with Gasteiger partial charge in [0.2, 0.25) is 0 Å². The molecule has 116 valence electrons. The number of nitrogens with zero attached hydrogens (tertiary/aromatic N) is 1.